The van der Waals surface area contributed by atoms with Crippen molar-refractivity contribution in [2.75, 3.05) is 0 Å². The highest BCUT2D eigenvalue weighted by atomic mass is 16.3. The van der Waals surface area contributed by atoms with E-state index in [0.29, 0.717) is 36.8 Å². The first kappa shape index (κ1) is 19.0. The lowest BCUT2D eigenvalue weighted by molar-refractivity contribution is 0.0951. The summed E-state index contributed by atoms with van der Waals surface area (Å²) in [5, 5.41) is 12.4. The molecular weight excluding hydrogens is 362 g/mol. The van der Waals surface area contributed by atoms with E-state index in [-0.39, 0.29) is 5.91 Å². The number of benzene rings is 2. The summed E-state index contributed by atoms with van der Waals surface area (Å²) < 4.78 is 5.53. The molecule has 2 aromatic carbocycles. The van der Waals surface area contributed by atoms with Gasteiger partial charge < -0.3 is 9.73 Å². The first-order chi connectivity index (χ1) is 14.2. The highest BCUT2D eigenvalue weighted by Crippen LogP contribution is 2.20. The van der Waals surface area contributed by atoms with Gasteiger partial charge in [0.1, 0.15) is 5.76 Å². The van der Waals surface area contributed by atoms with Gasteiger partial charge in [-0.05, 0) is 54.3 Å². The summed E-state index contributed by atoms with van der Waals surface area (Å²) in [7, 11) is 0. The van der Waals surface area contributed by atoms with Crippen molar-refractivity contribution >= 4 is 5.91 Å². The summed E-state index contributed by atoms with van der Waals surface area (Å²) >= 11 is 0. The number of rotatable bonds is 8. The van der Waals surface area contributed by atoms with E-state index in [1.54, 1.807) is 6.26 Å². The van der Waals surface area contributed by atoms with Crippen molar-refractivity contribution in [2.24, 2.45) is 0 Å². The number of furan rings is 1. The van der Waals surface area contributed by atoms with E-state index in [4.69, 9.17) is 4.42 Å². The summed E-state index contributed by atoms with van der Waals surface area (Å²) in [5.74, 6) is 0.870. The number of carbonyl (C=O) groups is 1. The Morgan fingerprint density at radius 1 is 1.03 bits per heavy atom. The smallest absolute Gasteiger partial charge is 0.251 e. The van der Waals surface area contributed by atoms with Crippen molar-refractivity contribution in [1.29, 1.82) is 5.26 Å². The molecule has 1 aliphatic rings. The highest BCUT2D eigenvalue weighted by molar-refractivity contribution is 5.94. The van der Waals surface area contributed by atoms with Gasteiger partial charge in [-0.25, -0.2) is 0 Å². The third-order valence-electron chi connectivity index (χ3n) is 5.03. The van der Waals surface area contributed by atoms with Gasteiger partial charge in [-0.15, -0.1) is 0 Å². The molecule has 5 heteroatoms. The van der Waals surface area contributed by atoms with Gasteiger partial charge in [-0.1, -0.05) is 30.3 Å². The van der Waals surface area contributed by atoms with Crippen LogP contribution in [-0.2, 0) is 19.6 Å². The third kappa shape index (κ3) is 5.13. The Morgan fingerprint density at radius 3 is 2.52 bits per heavy atom. The molecule has 0 saturated heterocycles. The van der Waals surface area contributed by atoms with Crippen LogP contribution in [0.15, 0.2) is 71.3 Å². The Morgan fingerprint density at radius 2 is 1.83 bits per heavy atom. The number of carbonyl (C=O) groups excluding carboxylic acids is 1. The molecule has 1 amide bonds. The van der Waals surface area contributed by atoms with E-state index in [0.717, 1.165) is 29.7 Å². The lowest BCUT2D eigenvalue weighted by atomic mass is 10.1. The largest absolute Gasteiger partial charge is 0.468 e. The lowest BCUT2D eigenvalue weighted by Gasteiger charge is -2.22. The van der Waals surface area contributed by atoms with Crippen LogP contribution in [0.1, 0.15) is 45.7 Å². The molecule has 0 atom stereocenters. The van der Waals surface area contributed by atoms with Gasteiger partial charge in [0.15, 0.2) is 0 Å². The molecule has 29 heavy (non-hydrogen) atoms. The zero-order valence-electron chi connectivity index (χ0n) is 16.2. The van der Waals surface area contributed by atoms with Crippen molar-refractivity contribution in [1.82, 2.24) is 10.2 Å². The average molecular weight is 385 g/mol. The highest BCUT2D eigenvalue weighted by Gasteiger charge is 2.23. The molecule has 4 rings (SSSR count). The molecular formula is C24H23N3O2. The van der Waals surface area contributed by atoms with E-state index in [1.165, 1.54) is 0 Å². The number of nitrogens with one attached hydrogen (secondary N) is 1. The number of amides is 1. The summed E-state index contributed by atoms with van der Waals surface area (Å²) in [6, 6.07) is 21.9. The molecule has 0 spiro atoms. The maximum atomic E-state index is 12.2. The van der Waals surface area contributed by atoms with E-state index < -0.39 is 0 Å². The summed E-state index contributed by atoms with van der Waals surface area (Å²) in [6.07, 6.45) is 3.83. The zero-order chi connectivity index (χ0) is 20.1. The Bertz CT molecular complexity index is 999. The standard InChI is InChI=1S/C24H23N3O2/c25-14-20-4-1-2-5-21(20)16-27(17-23-6-3-13-29-23)15-18-7-9-19(10-8-18)24(28)26-22-11-12-22/h1-10,13,22H,11-12,15-17H2,(H,26,28). The molecule has 1 heterocycles. The second-order valence-corrected chi connectivity index (χ2v) is 7.44. The molecule has 5 nitrogen and oxygen atoms in total. The quantitative estimate of drug-likeness (QED) is 0.629. The van der Waals surface area contributed by atoms with E-state index in [2.05, 4.69) is 16.3 Å². The molecule has 1 aromatic heterocycles. The van der Waals surface area contributed by atoms with E-state index in [1.807, 2.05) is 60.7 Å². The van der Waals surface area contributed by atoms with Crippen LogP contribution in [0.25, 0.3) is 0 Å². The topological polar surface area (TPSA) is 69.3 Å². The number of hydrogen-bond donors (Lipinski definition) is 1. The van der Waals surface area contributed by atoms with Gasteiger partial charge in [0.25, 0.3) is 5.91 Å². The van der Waals surface area contributed by atoms with Crippen LogP contribution in [0.5, 0.6) is 0 Å². The molecule has 1 N–H and O–H groups in total. The van der Waals surface area contributed by atoms with Crippen molar-refractivity contribution < 1.29 is 9.21 Å². The minimum Gasteiger partial charge on any atom is -0.468 e. The maximum absolute atomic E-state index is 12.2. The average Bonchev–Trinajstić information content (AvgIpc) is 3.41. The second kappa shape index (κ2) is 8.76. The monoisotopic (exact) mass is 385 g/mol. The predicted octanol–water partition coefficient (Wildman–Crippen LogP) is 4.25. The molecule has 0 radical (unpaired) electrons. The van der Waals surface area contributed by atoms with Gasteiger partial charge >= 0.3 is 0 Å². The van der Waals surface area contributed by atoms with Crippen molar-refractivity contribution in [2.45, 2.75) is 38.5 Å². The zero-order valence-corrected chi connectivity index (χ0v) is 16.2. The Labute approximate surface area is 170 Å². The SMILES string of the molecule is N#Cc1ccccc1CN(Cc1ccc(C(=O)NC2CC2)cc1)Cc1ccco1. The van der Waals surface area contributed by atoms with Crippen LogP contribution in [0.2, 0.25) is 0 Å². The summed E-state index contributed by atoms with van der Waals surface area (Å²) in [6.45, 7) is 1.95. The van der Waals surface area contributed by atoms with Gasteiger partial charge in [0, 0.05) is 24.7 Å². The Hall–Kier alpha value is -3.36. The molecule has 146 valence electrons. The van der Waals surface area contributed by atoms with Crippen LogP contribution in [-0.4, -0.2) is 16.8 Å². The Balaban J connectivity index is 1.48. The van der Waals surface area contributed by atoms with E-state index >= 15 is 0 Å². The molecule has 3 aromatic rings. The second-order valence-electron chi connectivity index (χ2n) is 7.44. The lowest BCUT2D eigenvalue weighted by Crippen LogP contribution is -2.25. The van der Waals surface area contributed by atoms with Crippen LogP contribution < -0.4 is 5.32 Å². The molecule has 1 fully saturated rings. The minimum atomic E-state index is -0.00515. The minimum absolute atomic E-state index is 0.00515. The van der Waals surface area contributed by atoms with E-state index in [9.17, 15) is 10.1 Å². The third-order valence-corrected chi connectivity index (χ3v) is 5.03. The number of hydrogen-bond acceptors (Lipinski definition) is 4. The molecule has 1 saturated carbocycles. The number of nitriles is 1. The van der Waals surface area contributed by atoms with Gasteiger partial charge in [-0.3, -0.25) is 9.69 Å². The molecule has 0 unspecified atom stereocenters. The van der Waals surface area contributed by atoms with Crippen molar-refractivity contribution in [3.63, 3.8) is 0 Å². The van der Waals surface area contributed by atoms with Gasteiger partial charge in [0.2, 0.25) is 0 Å². The van der Waals surface area contributed by atoms with Crippen LogP contribution >= 0.6 is 0 Å². The predicted molar refractivity (Wildman–Crippen MR) is 110 cm³/mol. The van der Waals surface area contributed by atoms with Gasteiger partial charge in [-0.2, -0.15) is 5.26 Å². The van der Waals surface area contributed by atoms with Crippen molar-refractivity contribution in [3.05, 3.63) is 94.9 Å². The summed E-state index contributed by atoms with van der Waals surface area (Å²) in [4.78, 5) is 14.4. The van der Waals surface area contributed by atoms with Crippen LogP contribution in [0.4, 0.5) is 0 Å². The van der Waals surface area contributed by atoms with Crippen LogP contribution in [0, 0.1) is 11.3 Å². The number of nitrogens with zero attached hydrogens (tertiary/aromatic N) is 2. The fraction of sp³-hybridized carbons (Fsp3) is 0.250. The van der Waals surface area contributed by atoms with Crippen molar-refractivity contribution in [3.8, 4) is 6.07 Å². The summed E-state index contributed by atoms with van der Waals surface area (Å²) in [5.41, 5.74) is 3.47. The first-order valence-corrected chi connectivity index (χ1v) is 9.84. The molecule has 0 aliphatic heterocycles. The Kier molecular flexibility index (Phi) is 5.73. The molecule has 0 bridgehead atoms. The van der Waals surface area contributed by atoms with Gasteiger partial charge in [0.05, 0.1) is 24.4 Å². The fourth-order valence-electron chi connectivity index (χ4n) is 3.31. The fourth-order valence-corrected chi connectivity index (χ4v) is 3.31. The first-order valence-electron chi connectivity index (χ1n) is 9.84. The van der Waals surface area contributed by atoms with Crippen LogP contribution in [0.3, 0.4) is 0 Å². The maximum Gasteiger partial charge on any atom is 0.251 e. The molecule has 1 aliphatic carbocycles. The normalized spacial score (nSPS) is 13.2.